The molecule has 2 fully saturated rings. The lowest BCUT2D eigenvalue weighted by atomic mass is 9.92. The van der Waals surface area contributed by atoms with Crippen LogP contribution < -0.4 is 5.32 Å². The minimum atomic E-state index is -4.04. The molecule has 4 amide bonds. The SMILES string of the molecule is CC1(c2ccccc2)NC(=O)N(CC(=O)N2CCN(S(=O)(=O)c3ccccc3F)CC2)C1=O. The van der Waals surface area contributed by atoms with Crippen LogP contribution >= 0.6 is 0 Å². The van der Waals surface area contributed by atoms with E-state index in [-0.39, 0.29) is 26.2 Å². The molecule has 11 heteroatoms. The van der Waals surface area contributed by atoms with Crippen LogP contribution in [-0.4, -0.2) is 73.1 Å². The van der Waals surface area contributed by atoms with E-state index in [4.69, 9.17) is 0 Å². The summed E-state index contributed by atoms with van der Waals surface area (Å²) in [5, 5.41) is 2.65. The topological polar surface area (TPSA) is 107 Å². The Morgan fingerprint density at radius 1 is 1.00 bits per heavy atom. The number of imide groups is 1. The first-order chi connectivity index (χ1) is 15.6. The van der Waals surface area contributed by atoms with Gasteiger partial charge >= 0.3 is 6.03 Å². The molecule has 2 aliphatic rings. The van der Waals surface area contributed by atoms with Crippen molar-refractivity contribution in [2.75, 3.05) is 32.7 Å². The molecule has 33 heavy (non-hydrogen) atoms. The second-order valence-corrected chi connectivity index (χ2v) is 9.93. The number of urea groups is 1. The summed E-state index contributed by atoms with van der Waals surface area (Å²) in [6.45, 7) is 1.21. The fourth-order valence-corrected chi connectivity index (χ4v) is 5.50. The quantitative estimate of drug-likeness (QED) is 0.654. The van der Waals surface area contributed by atoms with Crippen molar-refractivity contribution in [2.24, 2.45) is 0 Å². The highest BCUT2D eigenvalue weighted by Gasteiger charge is 2.49. The third kappa shape index (κ3) is 4.09. The average Bonchev–Trinajstić information content (AvgIpc) is 3.03. The number of hydrogen-bond donors (Lipinski definition) is 1. The van der Waals surface area contributed by atoms with Gasteiger partial charge in [0.25, 0.3) is 5.91 Å². The molecule has 1 atom stereocenters. The molecule has 0 bridgehead atoms. The fourth-order valence-electron chi connectivity index (χ4n) is 4.01. The predicted molar refractivity (Wildman–Crippen MR) is 116 cm³/mol. The number of piperazine rings is 1. The summed E-state index contributed by atoms with van der Waals surface area (Å²) >= 11 is 0. The molecule has 2 aliphatic heterocycles. The highest BCUT2D eigenvalue weighted by Crippen LogP contribution is 2.28. The molecule has 2 saturated heterocycles. The molecule has 0 spiro atoms. The van der Waals surface area contributed by atoms with Gasteiger partial charge < -0.3 is 10.2 Å². The van der Waals surface area contributed by atoms with Gasteiger partial charge in [-0.3, -0.25) is 14.5 Å². The smallest absolute Gasteiger partial charge is 0.325 e. The number of amides is 4. The van der Waals surface area contributed by atoms with Crippen LogP contribution in [0.25, 0.3) is 0 Å². The zero-order valence-corrected chi connectivity index (χ0v) is 18.7. The van der Waals surface area contributed by atoms with E-state index < -0.39 is 50.7 Å². The van der Waals surface area contributed by atoms with Gasteiger partial charge in [-0.15, -0.1) is 0 Å². The highest BCUT2D eigenvalue weighted by molar-refractivity contribution is 7.89. The molecule has 1 N–H and O–H groups in total. The highest BCUT2D eigenvalue weighted by atomic mass is 32.2. The van der Waals surface area contributed by atoms with Crippen molar-refractivity contribution in [1.82, 2.24) is 19.4 Å². The van der Waals surface area contributed by atoms with Crippen molar-refractivity contribution in [2.45, 2.75) is 17.4 Å². The molecule has 174 valence electrons. The molecule has 0 aromatic heterocycles. The van der Waals surface area contributed by atoms with Gasteiger partial charge in [-0.1, -0.05) is 42.5 Å². The summed E-state index contributed by atoms with van der Waals surface area (Å²) in [7, 11) is -4.04. The molecule has 1 unspecified atom stereocenters. The van der Waals surface area contributed by atoms with Gasteiger partial charge in [0, 0.05) is 26.2 Å². The summed E-state index contributed by atoms with van der Waals surface area (Å²) in [6, 6.07) is 13.2. The third-order valence-corrected chi connectivity index (χ3v) is 7.90. The predicted octanol–water partition coefficient (Wildman–Crippen LogP) is 1.13. The van der Waals surface area contributed by atoms with Crippen LogP contribution in [0.1, 0.15) is 12.5 Å². The van der Waals surface area contributed by atoms with Crippen molar-refractivity contribution in [1.29, 1.82) is 0 Å². The van der Waals surface area contributed by atoms with Crippen molar-refractivity contribution in [3.05, 3.63) is 66.0 Å². The lowest BCUT2D eigenvalue weighted by Gasteiger charge is -2.34. The maximum absolute atomic E-state index is 14.0. The Kier molecular flexibility index (Phi) is 5.93. The standard InChI is InChI=1S/C22H23FN4O5S/c1-22(16-7-3-2-4-8-16)20(29)27(21(30)24-22)15-19(28)25-11-13-26(14-12-25)33(31,32)18-10-6-5-9-17(18)23/h2-10H,11-15H2,1H3,(H,24,30). The second-order valence-electron chi connectivity index (χ2n) is 8.03. The van der Waals surface area contributed by atoms with Crippen LogP contribution in [0.4, 0.5) is 9.18 Å². The maximum atomic E-state index is 14.0. The van der Waals surface area contributed by atoms with Crippen LogP contribution in [0.3, 0.4) is 0 Å². The lowest BCUT2D eigenvalue weighted by molar-refractivity contribution is -0.139. The summed E-state index contributed by atoms with van der Waals surface area (Å²) < 4.78 is 40.6. The molecule has 0 aliphatic carbocycles. The summed E-state index contributed by atoms with van der Waals surface area (Å²) in [4.78, 5) is 40.1. The minimum absolute atomic E-state index is 0.0235. The van der Waals surface area contributed by atoms with Gasteiger partial charge in [-0.05, 0) is 24.6 Å². The first kappa shape index (κ1) is 22.9. The first-order valence-corrected chi connectivity index (χ1v) is 11.8. The summed E-state index contributed by atoms with van der Waals surface area (Å²) in [5.74, 6) is -1.84. The van der Waals surface area contributed by atoms with Crippen LogP contribution in [0.2, 0.25) is 0 Å². The Labute approximate surface area is 190 Å². The van der Waals surface area contributed by atoms with Gasteiger partial charge in [0.2, 0.25) is 15.9 Å². The van der Waals surface area contributed by atoms with Gasteiger partial charge in [0.15, 0.2) is 0 Å². The number of carbonyl (C=O) groups excluding carboxylic acids is 3. The second kappa shape index (κ2) is 8.56. The molecular weight excluding hydrogens is 451 g/mol. The first-order valence-electron chi connectivity index (χ1n) is 10.4. The molecule has 0 radical (unpaired) electrons. The van der Waals surface area contributed by atoms with E-state index in [1.165, 1.54) is 23.1 Å². The summed E-state index contributed by atoms with van der Waals surface area (Å²) in [5.41, 5.74) is -0.671. The monoisotopic (exact) mass is 474 g/mol. The maximum Gasteiger partial charge on any atom is 0.325 e. The molecule has 9 nitrogen and oxygen atoms in total. The van der Waals surface area contributed by atoms with Crippen molar-refractivity contribution >= 4 is 27.9 Å². The molecular formula is C22H23FN4O5S. The van der Waals surface area contributed by atoms with E-state index in [0.29, 0.717) is 5.56 Å². The normalized spacial score (nSPS) is 21.9. The van der Waals surface area contributed by atoms with Gasteiger partial charge in [-0.25, -0.2) is 17.6 Å². The number of nitrogens with zero attached hydrogens (tertiary/aromatic N) is 3. The Bertz CT molecular complexity index is 1200. The fraction of sp³-hybridized carbons (Fsp3) is 0.318. The van der Waals surface area contributed by atoms with E-state index in [0.717, 1.165) is 15.3 Å². The van der Waals surface area contributed by atoms with Gasteiger partial charge in [0.05, 0.1) is 0 Å². The molecule has 0 saturated carbocycles. The number of rotatable bonds is 5. The zero-order valence-electron chi connectivity index (χ0n) is 17.9. The van der Waals surface area contributed by atoms with Crippen LogP contribution in [0, 0.1) is 5.82 Å². The lowest BCUT2D eigenvalue weighted by Crippen LogP contribution is -2.53. The van der Waals surface area contributed by atoms with E-state index in [2.05, 4.69) is 5.32 Å². The zero-order chi connectivity index (χ0) is 23.8. The van der Waals surface area contributed by atoms with Gasteiger partial charge in [0.1, 0.15) is 22.8 Å². The van der Waals surface area contributed by atoms with Crippen molar-refractivity contribution in [3.63, 3.8) is 0 Å². The Balaban J connectivity index is 1.40. The van der Waals surface area contributed by atoms with E-state index in [9.17, 15) is 27.2 Å². The Morgan fingerprint density at radius 3 is 2.24 bits per heavy atom. The number of nitrogens with one attached hydrogen (secondary N) is 1. The number of halogens is 1. The van der Waals surface area contributed by atoms with Crippen LogP contribution in [0.15, 0.2) is 59.5 Å². The van der Waals surface area contributed by atoms with Gasteiger partial charge in [-0.2, -0.15) is 4.31 Å². The average molecular weight is 475 g/mol. The van der Waals surface area contributed by atoms with Crippen molar-refractivity contribution < 1.29 is 27.2 Å². The molecule has 2 aromatic carbocycles. The number of benzene rings is 2. The Morgan fingerprint density at radius 2 is 1.61 bits per heavy atom. The van der Waals surface area contributed by atoms with Crippen molar-refractivity contribution in [3.8, 4) is 0 Å². The molecule has 2 aromatic rings. The number of sulfonamides is 1. The van der Waals surface area contributed by atoms with Crippen LogP contribution in [-0.2, 0) is 25.2 Å². The largest absolute Gasteiger partial charge is 0.338 e. The summed E-state index contributed by atoms with van der Waals surface area (Å²) in [6.07, 6.45) is 0. The van der Waals surface area contributed by atoms with E-state index in [1.807, 2.05) is 0 Å². The van der Waals surface area contributed by atoms with E-state index >= 15 is 0 Å². The Hall–Kier alpha value is -3.31. The molecule has 2 heterocycles. The molecule has 4 rings (SSSR count). The van der Waals surface area contributed by atoms with Crippen LogP contribution in [0.5, 0.6) is 0 Å². The number of hydrogen-bond acceptors (Lipinski definition) is 5. The minimum Gasteiger partial charge on any atom is -0.338 e. The number of carbonyl (C=O) groups is 3. The van der Waals surface area contributed by atoms with E-state index in [1.54, 1.807) is 37.3 Å². The third-order valence-electron chi connectivity index (χ3n) is 5.97.